The molecule has 1 fully saturated rings. The molecule has 0 saturated carbocycles. The topological polar surface area (TPSA) is 58.1 Å². The maximum atomic E-state index is 12.6. The van der Waals surface area contributed by atoms with Crippen molar-refractivity contribution < 1.29 is 4.79 Å². The minimum Gasteiger partial charge on any atom is -0.355 e. The molecule has 1 aliphatic heterocycles. The van der Waals surface area contributed by atoms with Crippen molar-refractivity contribution in [3.05, 3.63) is 48.4 Å². The summed E-state index contributed by atoms with van der Waals surface area (Å²) in [6.45, 7) is 5.94. The van der Waals surface area contributed by atoms with Gasteiger partial charge >= 0.3 is 0 Å². The molecule has 1 aromatic heterocycles. The summed E-state index contributed by atoms with van der Waals surface area (Å²) >= 11 is 0. The lowest BCUT2D eigenvalue weighted by molar-refractivity contribution is -0.120. The molecule has 2 aromatic rings. The van der Waals surface area contributed by atoms with Crippen LogP contribution in [-0.2, 0) is 4.79 Å². The van der Waals surface area contributed by atoms with Gasteiger partial charge in [0.2, 0.25) is 5.91 Å². The van der Waals surface area contributed by atoms with E-state index in [9.17, 15) is 4.79 Å². The van der Waals surface area contributed by atoms with Gasteiger partial charge in [0.15, 0.2) is 0 Å². The number of aromatic nitrogens is 2. The van der Waals surface area contributed by atoms with E-state index in [1.165, 1.54) is 5.56 Å². The fraction of sp³-hybridized carbons (Fsp3) is 0.421. The monoisotopic (exact) mass is 324 g/mol. The molecule has 24 heavy (non-hydrogen) atoms. The fourth-order valence-electron chi connectivity index (χ4n) is 3.05. The zero-order chi connectivity index (χ0) is 16.9. The van der Waals surface area contributed by atoms with Crippen LogP contribution in [0.3, 0.4) is 0 Å². The van der Waals surface area contributed by atoms with Crippen LogP contribution in [0.2, 0.25) is 0 Å². The van der Waals surface area contributed by atoms with Crippen molar-refractivity contribution in [1.82, 2.24) is 9.97 Å². The average Bonchev–Trinajstić information content (AvgIpc) is 2.63. The number of rotatable bonds is 4. The number of benzene rings is 1. The third-order valence-corrected chi connectivity index (χ3v) is 4.51. The average molecular weight is 324 g/mol. The first-order valence-corrected chi connectivity index (χ1v) is 8.55. The van der Waals surface area contributed by atoms with Crippen LogP contribution >= 0.6 is 0 Å². The third-order valence-electron chi connectivity index (χ3n) is 4.51. The number of carbonyl (C=O) groups is 1. The summed E-state index contributed by atoms with van der Waals surface area (Å²) in [4.78, 5) is 23.2. The molecule has 1 aromatic carbocycles. The van der Waals surface area contributed by atoms with E-state index in [4.69, 9.17) is 0 Å². The van der Waals surface area contributed by atoms with Crippen LogP contribution in [0, 0.1) is 5.92 Å². The van der Waals surface area contributed by atoms with Crippen LogP contribution < -0.4 is 10.2 Å². The van der Waals surface area contributed by atoms with Crippen LogP contribution in [0.25, 0.3) is 0 Å². The van der Waals surface area contributed by atoms with E-state index in [1.807, 2.05) is 12.1 Å². The molecule has 5 heteroatoms. The van der Waals surface area contributed by atoms with Crippen LogP contribution in [0.4, 0.5) is 11.5 Å². The van der Waals surface area contributed by atoms with Gasteiger partial charge in [-0.25, -0.2) is 4.98 Å². The van der Waals surface area contributed by atoms with E-state index in [-0.39, 0.29) is 11.8 Å². The predicted octanol–water partition coefficient (Wildman–Crippen LogP) is 3.46. The van der Waals surface area contributed by atoms with Gasteiger partial charge in [-0.2, -0.15) is 0 Å². The summed E-state index contributed by atoms with van der Waals surface area (Å²) in [5, 5.41) is 3.05. The number of hydrogen-bond donors (Lipinski definition) is 1. The van der Waals surface area contributed by atoms with E-state index >= 15 is 0 Å². The van der Waals surface area contributed by atoms with E-state index in [0.717, 1.165) is 30.9 Å². The molecule has 1 aliphatic rings. The van der Waals surface area contributed by atoms with Gasteiger partial charge in [0.25, 0.3) is 0 Å². The van der Waals surface area contributed by atoms with Gasteiger partial charge in [-0.3, -0.25) is 9.78 Å². The summed E-state index contributed by atoms with van der Waals surface area (Å²) in [5.41, 5.74) is 2.14. The smallest absolute Gasteiger partial charge is 0.229 e. The van der Waals surface area contributed by atoms with Gasteiger partial charge in [-0.05, 0) is 36.5 Å². The van der Waals surface area contributed by atoms with E-state index < -0.39 is 0 Å². The zero-order valence-corrected chi connectivity index (χ0v) is 14.3. The van der Waals surface area contributed by atoms with Gasteiger partial charge in [0, 0.05) is 31.2 Å². The first-order chi connectivity index (χ1) is 11.6. The molecule has 1 amide bonds. The second-order valence-electron chi connectivity index (χ2n) is 6.61. The number of anilines is 2. The summed E-state index contributed by atoms with van der Waals surface area (Å²) in [6, 6.07) is 8.12. The highest BCUT2D eigenvalue weighted by Gasteiger charge is 2.26. The lowest BCUT2D eigenvalue weighted by Crippen LogP contribution is -2.41. The quantitative estimate of drug-likeness (QED) is 0.936. The first-order valence-electron chi connectivity index (χ1n) is 8.55. The molecule has 0 aliphatic carbocycles. The molecule has 3 rings (SSSR count). The number of nitrogens with one attached hydrogen (secondary N) is 1. The summed E-state index contributed by atoms with van der Waals surface area (Å²) in [5.74, 6) is 1.40. The van der Waals surface area contributed by atoms with E-state index in [1.54, 1.807) is 18.6 Å². The lowest BCUT2D eigenvalue weighted by Gasteiger charge is -2.32. The molecular formula is C19H24N4O. The minimum atomic E-state index is -0.0227. The highest BCUT2D eigenvalue weighted by Crippen LogP contribution is 2.23. The Morgan fingerprint density at radius 1 is 1.25 bits per heavy atom. The molecule has 0 bridgehead atoms. The second-order valence-corrected chi connectivity index (χ2v) is 6.61. The van der Waals surface area contributed by atoms with Gasteiger partial charge < -0.3 is 10.2 Å². The fourth-order valence-corrected chi connectivity index (χ4v) is 3.05. The van der Waals surface area contributed by atoms with Crippen molar-refractivity contribution in [3.63, 3.8) is 0 Å². The molecule has 1 atom stereocenters. The van der Waals surface area contributed by atoms with Crippen molar-refractivity contribution in [3.8, 4) is 0 Å². The minimum absolute atomic E-state index is 0.0227. The standard InChI is InChI=1S/C19H24N4O/c1-14(2)15-5-7-17(8-6-15)22-19(24)16-4-3-11-23(13-16)18-12-20-9-10-21-18/h5-10,12,14,16H,3-4,11,13H2,1-2H3,(H,22,24). The van der Waals surface area contributed by atoms with Crippen LogP contribution in [0.1, 0.15) is 38.2 Å². The molecule has 126 valence electrons. The SMILES string of the molecule is CC(C)c1ccc(NC(=O)C2CCCN(c3cnccn3)C2)cc1. The van der Waals surface area contributed by atoms with E-state index in [2.05, 4.69) is 46.2 Å². The number of amides is 1. The summed E-state index contributed by atoms with van der Waals surface area (Å²) in [6.07, 6.45) is 7.01. The summed E-state index contributed by atoms with van der Waals surface area (Å²) < 4.78 is 0. The zero-order valence-electron chi connectivity index (χ0n) is 14.3. The van der Waals surface area contributed by atoms with E-state index in [0.29, 0.717) is 12.5 Å². The van der Waals surface area contributed by atoms with Crippen molar-refractivity contribution in [2.45, 2.75) is 32.6 Å². The van der Waals surface area contributed by atoms with Crippen molar-refractivity contribution in [2.24, 2.45) is 5.92 Å². The number of nitrogens with zero attached hydrogens (tertiary/aromatic N) is 3. The molecule has 1 N–H and O–H groups in total. The third kappa shape index (κ3) is 3.91. The van der Waals surface area contributed by atoms with Gasteiger partial charge in [-0.15, -0.1) is 0 Å². The molecule has 0 radical (unpaired) electrons. The number of carbonyl (C=O) groups excluding carboxylic acids is 1. The Morgan fingerprint density at radius 2 is 2.04 bits per heavy atom. The predicted molar refractivity (Wildman–Crippen MR) is 96.1 cm³/mol. The van der Waals surface area contributed by atoms with Gasteiger partial charge in [0.1, 0.15) is 5.82 Å². The molecule has 1 saturated heterocycles. The largest absolute Gasteiger partial charge is 0.355 e. The van der Waals surface area contributed by atoms with Crippen LogP contribution in [0.15, 0.2) is 42.9 Å². The number of piperidine rings is 1. The number of hydrogen-bond acceptors (Lipinski definition) is 4. The molecule has 5 nitrogen and oxygen atoms in total. The second kappa shape index (κ2) is 7.43. The normalized spacial score (nSPS) is 17.8. The Labute approximate surface area is 143 Å². The van der Waals surface area contributed by atoms with Crippen molar-refractivity contribution >= 4 is 17.4 Å². The maximum absolute atomic E-state index is 12.6. The van der Waals surface area contributed by atoms with Crippen LogP contribution in [0.5, 0.6) is 0 Å². The first kappa shape index (κ1) is 16.4. The maximum Gasteiger partial charge on any atom is 0.229 e. The van der Waals surface area contributed by atoms with Crippen LogP contribution in [-0.4, -0.2) is 29.0 Å². The van der Waals surface area contributed by atoms with Crippen molar-refractivity contribution in [1.29, 1.82) is 0 Å². The molecular weight excluding hydrogens is 300 g/mol. The Kier molecular flexibility index (Phi) is 5.08. The lowest BCUT2D eigenvalue weighted by atomic mass is 9.97. The Bertz CT molecular complexity index is 670. The highest BCUT2D eigenvalue weighted by molar-refractivity contribution is 5.93. The molecule has 1 unspecified atom stereocenters. The Balaban J connectivity index is 1.62. The molecule has 0 spiro atoms. The molecule has 2 heterocycles. The highest BCUT2D eigenvalue weighted by atomic mass is 16.1. The van der Waals surface area contributed by atoms with Crippen molar-refractivity contribution in [2.75, 3.05) is 23.3 Å². The van der Waals surface area contributed by atoms with Gasteiger partial charge in [0.05, 0.1) is 12.1 Å². The van der Waals surface area contributed by atoms with Gasteiger partial charge in [-0.1, -0.05) is 26.0 Å². The summed E-state index contributed by atoms with van der Waals surface area (Å²) in [7, 11) is 0. The Morgan fingerprint density at radius 3 is 2.71 bits per heavy atom. The Hall–Kier alpha value is -2.43.